The molecule has 1 aromatic rings. The topological polar surface area (TPSA) is 38.9 Å². The van der Waals surface area contributed by atoms with Gasteiger partial charge in [0.25, 0.3) is 0 Å². The second kappa shape index (κ2) is 5.57. The van der Waals surface area contributed by atoms with Gasteiger partial charge in [-0.1, -0.05) is 6.92 Å². The van der Waals surface area contributed by atoms with Crippen molar-refractivity contribution < 1.29 is 0 Å². The number of rotatable bonds is 3. The number of nitrogens with two attached hydrogens (primary N) is 1. The molecule has 1 aliphatic rings. The molecule has 2 N–H and O–H groups in total. The highest BCUT2D eigenvalue weighted by atomic mass is 32.2. The minimum atomic E-state index is 0.567. The number of thioether (sulfide) groups is 2. The van der Waals surface area contributed by atoms with Crippen molar-refractivity contribution in [3.05, 3.63) is 16.1 Å². The summed E-state index contributed by atoms with van der Waals surface area (Å²) in [5, 5.41) is 4.71. The maximum atomic E-state index is 5.59. The molecule has 2 nitrogen and oxygen atoms in total. The Morgan fingerprint density at radius 1 is 1.47 bits per heavy atom. The van der Waals surface area contributed by atoms with Gasteiger partial charge in [0.05, 0.1) is 10.9 Å². The van der Waals surface area contributed by atoms with Crippen LogP contribution in [-0.4, -0.2) is 21.7 Å². The van der Waals surface area contributed by atoms with Crippen LogP contribution in [0.2, 0.25) is 0 Å². The van der Waals surface area contributed by atoms with Gasteiger partial charge in [-0.15, -0.1) is 23.1 Å². The van der Waals surface area contributed by atoms with Crippen LogP contribution in [0.15, 0.2) is 5.38 Å². The van der Waals surface area contributed by atoms with Crippen LogP contribution in [0.25, 0.3) is 0 Å². The fraction of sp³-hybridized carbons (Fsp3) is 0.700. The molecule has 0 spiro atoms. The quantitative estimate of drug-likeness (QED) is 0.907. The molecule has 2 unspecified atom stereocenters. The van der Waals surface area contributed by atoms with Crippen LogP contribution in [0.3, 0.4) is 0 Å². The zero-order chi connectivity index (χ0) is 10.7. The Labute approximate surface area is 103 Å². The highest BCUT2D eigenvalue weighted by Crippen LogP contribution is 2.44. The molecule has 84 valence electrons. The van der Waals surface area contributed by atoms with Crippen LogP contribution in [-0.2, 0) is 6.54 Å². The van der Waals surface area contributed by atoms with Gasteiger partial charge < -0.3 is 5.73 Å². The largest absolute Gasteiger partial charge is 0.325 e. The number of hydrogen-bond donors (Lipinski definition) is 1. The molecule has 5 heteroatoms. The van der Waals surface area contributed by atoms with Gasteiger partial charge in [-0.05, 0) is 6.42 Å². The smallest absolute Gasteiger partial charge is 0.107 e. The maximum Gasteiger partial charge on any atom is 0.107 e. The number of thiazole rings is 1. The van der Waals surface area contributed by atoms with Gasteiger partial charge in [0.2, 0.25) is 0 Å². The van der Waals surface area contributed by atoms with Gasteiger partial charge in [0, 0.05) is 28.7 Å². The van der Waals surface area contributed by atoms with E-state index in [2.05, 4.69) is 40.8 Å². The van der Waals surface area contributed by atoms with Crippen molar-refractivity contribution in [3.63, 3.8) is 0 Å². The highest BCUT2D eigenvalue weighted by Gasteiger charge is 2.28. The molecule has 0 radical (unpaired) electrons. The molecule has 1 saturated heterocycles. The summed E-state index contributed by atoms with van der Waals surface area (Å²) >= 11 is 5.93. The van der Waals surface area contributed by atoms with Gasteiger partial charge in [0.15, 0.2) is 0 Å². The van der Waals surface area contributed by atoms with Gasteiger partial charge in [-0.2, -0.15) is 11.8 Å². The van der Waals surface area contributed by atoms with Crippen LogP contribution in [0.1, 0.15) is 29.3 Å². The van der Waals surface area contributed by atoms with E-state index in [1.807, 2.05) is 0 Å². The lowest BCUT2D eigenvalue weighted by atomic mass is 10.2. The molecular formula is C10H16N2S3. The van der Waals surface area contributed by atoms with Crippen LogP contribution >= 0.6 is 34.9 Å². The SMILES string of the molecule is CCC1SCCSC1c1nc(CN)cs1. The second-order valence-electron chi connectivity index (χ2n) is 3.49. The fourth-order valence-corrected chi connectivity index (χ4v) is 5.95. The Hall–Kier alpha value is 0.290. The van der Waals surface area contributed by atoms with E-state index in [4.69, 9.17) is 5.73 Å². The second-order valence-corrected chi connectivity index (χ2v) is 6.98. The lowest BCUT2D eigenvalue weighted by Gasteiger charge is -2.28. The predicted octanol–water partition coefficient (Wildman–Crippen LogP) is 2.90. The van der Waals surface area contributed by atoms with Gasteiger partial charge in [-0.25, -0.2) is 4.98 Å². The normalized spacial score (nSPS) is 26.8. The molecular weight excluding hydrogens is 244 g/mol. The minimum Gasteiger partial charge on any atom is -0.325 e. The van der Waals surface area contributed by atoms with Crippen molar-refractivity contribution in [2.24, 2.45) is 5.73 Å². The van der Waals surface area contributed by atoms with E-state index in [0.717, 1.165) is 10.9 Å². The summed E-state index contributed by atoms with van der Waals surface area (Å²) in [6.45, 7) is 2.84. The molecule has 0 bridgehead atoms. The monoisotopic (exact) mass is 260 g/mol. The zero-order valence-electron chi connectivity index (χ0n) is 8.81. The highest BCUT2D eigenvalue weighted by molar-refractivity contribution is 8.06. The van der Waals surface area contributed by atoms with Crippen molar-refractivity contribution in [1.29, 1.82) is 0 Å². The Morgan fingerprint density at radius 3 is 2.93 bits per heavy atom. The van der Waals surface area contributed by atoms with Crippen LogP contribution < -0.4 is 5.73 Å². The Bertz CT molecular complexity index is 313. The lowest BCUT2D eigenvalue weighted by molar-refractivity contribution is 0.784. The lowest BCUT2D eigenvalue weighted by Crippen LogP contribution is -2.18. The van der Waals surface area contributed by atoms with E-state index < -0.39 is 0 Å². The molecule has 1 aromatic heterocycles. The van der Waals surface area contributed by atoms with E-state index in [-0.39, 0.29) is 0 Å². The standard InChI is InChI=1S/C10H16N2S3/c1-2-8-9(14-4-3-13-8)10-12-7(5-11)6-15-10/h6,8-9H,2-5,11H2,1H3. The first-order valence-electron chi connectivity index (χ1n) is 5.22. The molecule has 2 atom stereocenters. The zero-order valence-corrected chi connectivity index (χ0v) is 11.3. The van der Waals surface area contributed by atoms with E-state index in [9.17, 15) is 0 Å². The van der Waals surface area contributed by atoms with Gasteiger partial charge in [0.1, 0.15) is 5.01 Å². The Morgan fingerprint density at radius 2 is 2.27 bits per heavy atom. The molecule has 0 aromatic carbocycles. The fourth-order valence-electron chi connectivity index (χ4n) is 1.68. The average molecular weight is 260 g/mol. The molecule has 15 heavy (non-hydrogen) atoms. The van der Waals surface area contributed by atoms with Crippen LogP contribution in [0.5, 0.6) is 0 Å². The number of hydrogen-bond acceptors (Lipinski definition) is 5. The van der Waals surface area contributed by atoms with Gasteiger partial charge >= 0.3 is 0 Å². The number of nitrogens with zero attached hydrogens (tertiary/aromatic N) is 1. The molecule has 1 aliphatic heterocycles. The first-order valence-corrected chi connectivity index (χ1v) is 8.20. The summed E-state index contributed by atoms with van der Waals surface area (Å²) in [4.78, 5) is 4.61. The van der Waals surface area contributed by atoms with Crippen molar-refractivity contribution in [1.82, 2.24) is 4.98 Å². The summed E-state index contributed by atoms with van der Waals surface area (Å²) in [5.74, 6) is 2.54. The first-order chi connectivity index (χ1) is 7.35. The average Bonchev–Trinajstić information content (AvgIpc) is 2.77. The number of aromatic nitrogens is 1. The molecule has 1 fully saturated rings. The molecule has 2 rings (SSSR count). The van der Waals surface area contributed by atoms with Gasteiger partial charge in [-0.3, -0.25) is 0 Å². The molecule has 0 saturated carbocycles. The van der Waals surface area contributed by atoms with E-state index in [0.29, 0.717) is 11.8 Å². The third-order valence-electron chi connectivity index (χ3n) is 2.47. The van der Waals surface area contributed by atoms with E-state index in [1.165, 1.54) is 22.9 Å². The molecule has 0 amide bonds. The van der Waals surface area contributed by atoms with Crippen LogP contribution in [0.4, 0.5) is 0 Å². The van der Waals surface area contributed by atoms with Crippen molar-refractivity contribution in [2.45, 2.75) is 30.4 Å². The third kappa shape index (κ3) is 2.70. The first kappa shape index (κ1) is 11.8. The summed E-state index contributed by atoms with van der Waals surface area (Å²) in [6, 6.07) is 0. The molecule has 0 aliphatic carbocycles. The summed E-state index contributed by atoms with van der Waals surface area (Å²) in [5.41, 5.74) is 6.63. The Balaban J connectivity index is 2.12. The van der Waals surface area contributed by atoms with Crippen LogP contribution in [0, 0.1) is 0 Å². The van der Waals surface area contributed by atoms with E-state index >= 15 is 0 Å². The third-order valence-corrected chi connectivity index (χ3v) is 6.86. The minimum absolute atomic E-state index is 0.567. The summed E-state index contributed by atoms with van der Waals surface area (Å²) < 4.78 is 0. The van der Waals surface area contributed by atoms with E-state index in [1.54, 1.807) is 11.3 Å². The summed E-state index contributed by atoms with van der Waals surface area (Å²) in [7, 11) is 0. The predicted molar refractivity (Wildman–Crippen MR) is 71.7 cm³/mol. The summed E-state index contributed by atoms with van der Waals surface area (Å²) in [6.07, 6.45) is 1.24. The van der Waals surface area contributed by atoms with Crippen molar-refractivity contribution >= 4 is 34.9 Å². The molecule has 2 heterocycles. The Kier molecular flexibility index (Phi) is 4.37. The van der Waals surface area contributed by atoms with Crippen molar-refractivity contribution in [3.8, 4) is 0 Å². The maximum absolute atomic E-state index is 5.59. The van der Waals surface area contributed by atoms with Crippen molar-refractivity contribution in [2.75, 3.05) is 11.5 Å².